The summed E-state index contributed by atoms with van der Waals surface area (Å²) in [4.78, 5) is 15.8. The van der Waals surface area contributed by atoms with E-state index < -0.39 is 0 Å². The highest BCUT2D eigenvalue weighted by molar-refractivity contribution is 5.77. The Labute approximate surface area is 137 Å². The van der Waals surface area contributed by atoms with Crippen molar-refractivity contribution in [3.63, 3.8) is 0 Å². The van der Waals surface area contributed by atoms with Crippen LogP contribution in [0, 0.1) is 6.92 Å². The van der Waals surface area contributed by atoms with E-state index in [9.17, 15) is 4.79 Å². The largest absolute Gasteiger partial charge is 0.483 e. The maximum absolute atomic E-state index is 11.9. The molecule has 1 amide bonds. The number of ether oxygens (including phenoxy) is 1. The number of aryl methyl sites for hydroxylation is 2. The number of rotatable bonds is 8. The summed E-state index contributed by atoms with van der Waals surface area (Å²) in [6, 6.07) is 6.16. The third-order valence-corrected chi connectivity index (χ3v) is 3.71. The van der Waals surface area contributed by atoms with Gasteiger partial charge in [0.2, 0.25) is 0 Å². The van der Waals surface area contributed by atoms with Crippen LogP contribution >= 0.6 is 0 Å². The average molecular weight is 315 g/mol. The highest BCUT2D eigenvalue weighted by atomic mass is 16.5. The first-order valence-electron chi connectivity index (χ1n) is 8.02. The van der Waals surface area contributed by atoms with E-state index in [1.165, 1.54) is 5.56 Å². The number of amides is 1. The van der Waals surface area contributed by atoms with Gasteiger partial charge >= 0.3 is 0 Å². The molecule has 1 heterocycles. The van der Waals surface area contributed by atoms with Crippen molar-refractivity contribution < 1.29 is 9.53 Å². The van der Waals surface area contributed by atoms with E-state index in [1.807, 2.05) is 29.8 Å². The smallest absolute Gasteiger partial charge is 0.257 e. The third-order valence-electron chi connectivity index (χ3n) is 3.71. The number of nitrogens with one attached hydrogen (secondary N) is 1. The molecule has 0 aliphatic carbocycles. The van der Waals surface area contributed by atoms with E-state index in [4.69, 9.17) is 4.74 Å². The molecule has 0 saturated heterocycles. The Hall–Kier alpha value is -2.30. The lowest BCUT2D eigenvalue weighted by Crippen LogP contribution is -2.30. The molecular formula is C18H25N3O2. The molecule has 1 N–H and O–H groups in total. The molecule has 2 aromatic rings. The molecule has 5 nitrogen and oxygen atoms in total. The second kappa shape index (κ2) is 8.36. The zero-order valence-corrected chi connectivity index (χ0v) is 14.1. The van der Waals surface area contributed by atoms with Gasteiger partial charge < -0.3 is 14.6 Å². The van der Waals surface area contributed by atoms with Crippen LogP contribution in [0.1, 0.15) is 37.3 Å². The van der Waals surface area contributed by atoms with Crippen LogP contribution in [0.2, 0.25) is 0 Å². The Balaban J connectivity index is 1.72. The standard InChI is InChI=1S/C18H25N3O2/c1-14(2)16-6-5-15(3)17(11-16)23-12-18(22)20-7-4-9-21-10-8-19-13-21/h5-6,8,10-11,13-14H,4,7,9,12H2,1-3H3,(H,20,22). The quantitative estimate of drug-likeness (QED) is 0.762. The lowest BCUT2D eigenvalue weighted by atomic mass is 10.0. The lowest BCUT2D eigenvalue weighted by molar-refractivity contribution is -0.123. The SMILES string of the molecule is Cc1ccc(C(C)C)cc1OCC(=O)NCCCn1ccnc1. The third kappa shape index (κ3) is 5.43. The average Bonchev–Trinajstić information content (AvgIpc) is 3.04. The van der Waals surface area contributed by atoms with Gasteiger partial charge in [-0.25, -0.2) is 4.98 Å². The van der Waals surface area contributed by atoms with E-state index in [1.54, 1.807) is 12.5 Å². The Morgan fingerprint density at radius 1 is 1.39 bits per heavy atom. The molecule has 0 fully saturated rings. The number of aromatic nitrogens is 2. The van der Waals surface area contributed by atoms with Crippen molar-refractivity contribution in [1.82, 2.24) is 14.9 Å². The molecular weight excluding hydrogens is 290 g/mol. The van der Waals surface area contributed by atoms with Crippen molar-refractivity contribution in [3.05, 3.63) is 48.0 Å². The molecule has 0 saturated carbocycles. The van der Waals surface area contributed by atoms with Crippen LogP contribution in [-0.2, 0) is 11.3 Å². The molecule has 0 unspecified atom stereocenters. The fourth-order valence-corrected chi connectivity index (χ4v) is 2.23. The molecule has 0 bridgehead atoms. The maximum atomic E-state index is 11.9. The number of hydrogen-bond acceptors (Lipinski definition) is 3. The minimum atomic E-state index is -0.0926. The lowest BCUT2D eigenvalue weighted by Gasteiger charge is -2.13. The molecule has 0 spiro atoms. The first kappa shape index (κ1) is 17.1. The molecule has 1 aromatic carbocycles. The summed E-state index contributed by atoms with van der Waals surface area (Å²) in [6.07, 6.45) is 6.30. The topological polar surface area (TPSA) is 56.1 Å². The minimum absolute atomic E-state index is 0.0491. The van der Waals surface area contributed by atoms with Crippen molar-refractivity contribution in [2.45, 2.75) is 39.7 Å². The molecule has 0 aliphatic rings. The fourth-order valence-electron chi connectivity index (χ4n) is 2.23. The summed E-state index contributed by atoms with van der Waals surface area (Å²) < 4.78 is 7.65. The summed E-state index contributed by atoms with van der Waals surface area (Å²) >= 11 is 0. The number of nitrogens with zero attached hydrogens (tertiary/aromatic N) is 2. The number of carbonyl (C=O) groups excluding carboxylic acids is 1. The molecule has 5 heteroatoms. The van der Waals surface area contributed by atoms with Crippen LogP contribution in [0.15, 0.2) is 36.9 Å². The highest BCUT2D eigenvalue weighted by Crippen LogP contribution is 2.24. The normalized spacial score (nSPS) is 10.8. The minimum Gasteiger partial charge on any atom is -0.483 e. The van der Waals surface area contributed by atoms with Crippen molar-refractivity contribution in [1.29, 1.82) is 0 Å². The summed E-state index contributed by atoms with van der Waals surface area (Å²) in [7, 11) is 0. The molecule has 0 atom stereocenters. The second-order valence-corrected chi connectivity index (χ2v) is 5.97. The molecule has 0 aliphatic heterocycles. The van der Waals surface area contributed by atoms with Crippen LogP contribution in [-0.4, -0.2) is 28.6 Å². The van der Waals surface area contributed by atoms with Gasteiger partial charge in [0.05, 0.1) is 6.33 Å². The van der Waals surface area contributed by atoms with Gasteiger partial charge in [-0.05, 0) is 36.5 Å². The number of imidazole rings is 1. The van der Waals surface area contributed by atoms with E-state index in [0.717, 1.165) is 24.3 Å². The summed E-state index contributed by atoms with van der Waals surface area (Å²) in [5, 5.41) is 2.87. The number of benzene rings is 1. The summed E-state index contributed by atoms with van der Waals surface area (Å²) in [5.74, 6) is 1.13. The molecule has 23 heavy (non-hydrogen) atoms. The van der Waals surface area contributed by atoms with E-state index >= 15 is 0 Å². The van der Waals surface area contributed by atoms with Crippen molar-refractivity contribution in [2.24, 2.45) is 0 Å². The van der Waals surface area contributed by atoms with Gasteiger partial charge in [0.25, 0.3) is 5.91 Å². The maximum Gasteiger partial charge on any atom is 0.257 e. The first-order chi connectivity index (χ1) is 11.1. The summed E-state index contributed by atoms with van der Waals surface area (Å²) in [5.41, 5.74) is 2.26. The zero-order valence-electron chi connectivity index (χ0n) is 14.1. The van der Waals surface area contributed by atoms with Gasteiger partial charge in [0.1, 0.15) is 5.75 Å². The van der Waals surface area contributed by atoms with Gasteiger partial charge in [-0.3, -0.25) is 4.79 Å². The van der Waals surface area contributed by atoms with E-state index in [0.29, 0.717) is 12.5 Å². The number of hydrogen-bond donors (Lipinski definition) is 1. The van der Waals surface area contributed by atoms with Crippen LogP contribution in [0.25, 0.3) is 0 Å². The molecule has 2 rings (SSSR count). The van der Waals surface area contributed by atoms with Gasteiger partial charge in [-0.2, -0.15) is 0 Å². The molecule has 124 valence electrons. The number of carbonyl (C=O) groups is 1. The van der Waals surface area contributed by atoms with Crippen LogP contribution in [0.4, 0.5) is 0 Å². The summed E-state index contributed by atoms with van der Waals surface area (Å²) in [6.45, 7) is 7.79. The van der Waals surface area contributed by atoms with E-state index in [2.05, 4.69) is 30.2 Å². The monoisotopic (exact) mass is 315 g/mol. The molecule has 1 aromatic heterocycles. The molecule has 0 radical (unpaired) electrons. The van der Waals surface area contributed by atoms with Crippen molar-refractivity contribution >= 4 is 5.91 Å². The Kier molecular flexibility index (Phi) is 6.20. The Morgan fingerprint density at radius 2 is 2.22 bits per heavy atom. The van der Waals surface area contributed by atoms with Crippen molar-refractivity contribution in [2.75, 3.05) is 13.2 Å². The van der Waals surface area contributed by atoms with Gasteiger partial charge in [-0.15, -0.1) is 0 Å². The van der Waals surface area contributed by atoms with Gasteiger partial charge in [0.15, 0.2) is 6.61 Å². The predicted octanol–water partition coefficient (Wildman–Crippen LogP) is 2.90. The predicted molar refractivity (Wildman–Crippen MR) is 90.6 cm³/mol. The van der Waals surface area contributed by atoms with E-state index in [-0.39, 0.29) is 12.5 Å². The Morgan fingerprint density at radius 3 is 2.91 bits per heavy atom. The highest BCUT2D eigenvalue weighted by Gasteiger charge is 2.07. The second-order valence-electron chi connectivity index (χ2n) is 5.97. The van der Waals surface area contributed by atoms with Crippen LogP contribution < -0.4 is 10.1 Å². The fraction of sp³-hybridized carbons (Fsp3) is 0.444. The van der Waals surface area contributed by atoms with Gasteiger partial charge in [0, 0.05) is 25.5 Å². The Bertz CT molecular complexity index is 621. The van der Waals surface area contributed by atoms with Gasteiger partial charge in [-0.1, -0.05) is 26.0 Å². The van der Waals surface area contributed by atoms with Crippen molar-refractivity contribution in [3.8, 4) is 5.75 Å². The van der Waals surface area contributed by atoms with Crippen LogP contribution in [0.5, 0.6) is 5.75 Å². The van der Waals surface area contributed by atoms with Crippen LogP contribution in [0.3, 0.4) is 0 Å². The zero-order chi connectivity index (χ0) is 16.7. The first-order valence-corrected chi connectivity index (χ1v) is 8.02.